The summed E-state index contributed by atoms with van der Waals surface area (Å²) in [6.07, 6.45) is 1.86. The van der Waals surface area contributed by atoms with Crippen molar-refractivity contribution < 1.29 is 4.74 Å². The zero-order chi connectivity index (χ0) is 11.8. The Bertz CT molecular complexity index is 393. The average molecular weight is 285 g/mol. The predicted octanol–water partition coefficient (Wildman–Crippen LogP) is 2.77. The second kappa shape index (κ2) is 4.34. The maximum atomic E-state index is 5.52. The van der Waals surface area contributed by atoms with Gasteiger partial charge < -0.3 is 9.64 Å². The van der Waals surface area contributed by atoms with Crippen LogP contribution in [0.5, 0.6) is 0 Å². The summed E-state index contributed by atoms with van der Waals surface area (Å²) in [5.74, 6) is 1.07. The number of ether oxygens (including phenoxy) is 1. The topological polar surface area (TPSA) is 25.4 Å². The van der Waals surface area contributed by atoms with Gasteiger partial charge in [0.25, 0.3) is 0 Å². The lowest BCUT2D eigenvalue weighted by Crippen LogP contribution is -2.53. The van der Waals surface area contributed by atoms with Gasteiger partial charge in [0.15, 0.2) is 0 Å². The molecule has 0 aromatic carbocycles. The number of hydrogen-bond donors (Lipinski definition) is 0. The van der Waals surface area contributed by atoms with Gasteiger partial charge in [-0.1, -0.05) is 0 Å². The van der Waals surface area contributed by atoms with Crippen molar-refractivity contribution in [3.63, 3.8) is 0 Å². The van der Waals surface area contributed by atoms with E-state index in [9.17, 15) is 0 Å². The summed E-state index contributed by atoms with van der Waals surface area (Å²) in [6, 6.07) is 2.11. The predicted molar refractivity (Wildman–Crippen MR) is 68.9 cm³/mol. The minimum atomic E-state index is 0.0177. The maximum absolute atomic E-state index is 5.52. The lowest BCUT2D eigenvalue weighted by atomic mass is 10.0. The molecule has 16 heavy (non-hydrogen) atoms. The van der Waals surface area contributed by atoms with Crippen LogP contribution in [0, 0.1) is 6.92 Å². The molecule has 1 aliphatic heterocycles. The van der Waals surface area contributed by atoms with Gasteiger partial charge in [0.05, 0.1) is 18.8 Å². The summed E-state index contributed by atoms with van der Waals surface area (Å²) in [6.45, 7) is 8.91. The minimum absolute atomic E-state index is 0.0177. The van der Waals surface area contributed by atoms with E-state index in [0.717, 1.165) is 30.0 Å². The number of nitrogens with zero attached hydrogens (tertiary/aromatic N) is 2. The number of hydrogen-bond acceptors (Lipinski definition) is 3. The summed E-state index contributed by atoms with van der Waals surface area (Å²) in [7, 11) is 0. The van der Waals surface area contributed by atoms with Crippen LogP contribution in [0.2, 0.25) is 0 Å². The number of aryl methyl sites for hydroxylation is 1. The highest BCUT2D eigenvalue weighted by molar-refractivity contribution is 9.10. The molecule has 1 aromatic rings. The smallest absolute Gasteiger partial charge is 0.132 e. The molecule has 1 saturated heterocycles. The molecule has 2 rings (SSSR count). The van der Waals surface area contributed by atoms with E-state index in [-0.39, 0.29) is 5.54 Å². The molecule has 0 N–H and O–H groups in total. The number of morpholine rings is 1. The fourth-order valence-corrected chi connectivity index (χ4v) is 2.51. The molecule has 1 fully saturated rings. The maximum Gasteiger partial charge on any atom is 0.132 e. The first-order chi connectivity index (χ1) is 7.50. The van der Waals surface area contributed by atoms with E-state index in [1.807, 2.05) is 6.20 Å². The second-order valence-corrected chi connectivity index (χ2v) is 5.73. The Morgan fingerprint density at radius 2 is 2.25 bits per heavy atom. The van der Waals surface area contributed by atoms with Crippen molar-refractivity contribution in [2.45, 2.75) is 26.3 Å². The van der Waals surface area contributed by atoms with Gasteiger partial charge in [-0.25, -0.2) is 4.98 Å². The lowest BCUT2D eigenvalue weighted by Gasteiger charge is -2.43. The number of anilines is 1. The van der Waals surface area contributed by atoms with Crippen LogP contribution in [-0.2, 0) is 4.74 Å². The van der Waals surface area contributed by atoms with Crippen molar-refractivity contribution in [1.82, 2.24) is 4.98 Å². The fourth-order valence-electron chi connectivity index (χ4n) is 2.07. The van der Waals surface area contributed by atoms with Crippen LogP contribution in [0.25, 0.3) is 0 Å². The van der Waals surface area contributed by atoms with Gasteiger partial charge in [-0.15, -0.1) is 0 Å². The van der Waals surface area contributed by atoms with Gasteiger partial charge in [0.1, 0.15) is 5.82 Å². The van der Waals surface area contributed by atoms with E-state index in [4.69, 9.17) is 4.74 Å². The zero-order valence-corrected chi connectivity index (χ0v) is 11.5. The van der Waals surface area contributed by atoms with Crippen LogP contribution in [-0.4, -0.2) is 30.3 Å². The molecule has 2 heterocycles. The van der Waals surface area contributed by atoms with E-state index in [1.54, 1.807) is 0 Å². The molecule has 0 unspecified atom stereocenters. The molecule has 1 aliphatic rings. The second-order valence-electron chi connectivity index (χ2n) is 4.81. The molecule has 0 bridgehead atoms. The SMILES string of the molecule is Cc1cc(Br)cnc1N1CCOCC1(C)C. The number of halogens is 1. The third-order valence-corrected chi connectivity index (χ3v) is 3.35. The number of pyridine rings is 1. The van der Waals surface area contributed by atoms with E-state index in [0.29, 0.717) is 0 Å². The highest BCUT2D eigenvalue weighted by Crippen LogP contribution is 2.28. The molecule has 1 aromatic heterocycles. The van der Waals surface area contributed by atoms with Crippen LogP contribution < -0.4 is 4.90 Å². The van der Waals surface area contributed by atoms with Gasteiger partial charge in [0, 0.05) is 17.2 Å². The van der Waals surface area contributed by atoms with Crippen molar-refractivity contribution in [3.8, 4) is 0 Å². The Kier molecular flexibility index (Phi) is 3.22. The first kappa shape index (κ1) is 11.9. The Hall–Kier alpha value is -0.610. The summed E-state index contributed by atoms with van der Waals surface area (Å²) in [4.78, 5) is 6.85. The standard InChI is InChI=1S/C12H17BrN2O/c1-9-6-10(13)7-14-11(9)15-4-5-16-8-12(15,2)3/h6-7H,4-5,8H2,1-3H3. The monoisotopic (exact) mass is 284 g/mol. The average Bonchev–Trinajstić information content (AvgIpc) is 2.19. The molecule has 0 spiro atoms. The molecule has 0 atom stereocenters. The molecule has 0 saturated carbocycles. The van der Waals surface area contributed by atoms with Crippen molar-refractivity contribution in [2.75, 3.05) is 24.7 Å². The van der Waals surface area contributed by atoms with E-state index >= 15 is 0 Å². The Morgan fingerprint density at radius 3 is 2.88 bits per heavy atom. The zero-order valence-electron chi connectivity index (χ0n) is 9.96. The van der Waals surface area contributed by atoms with Crippen LogP contribution in [0.1, 0.15) is 19.4 Å². The molecule has 0 radical (unpaired) electrons. The molecular formula is C12H17BrN2O. The van der Waals surface area contributed by atoms with Crippen LogP contribution in [0.3, 0.4) is 0 Å². The summed E-state index contributed by atoms with van der Waals surface area (Å²) < 4.78 is 6.55. The quantitative estimate of drug-likeness (QED) is 0.793. The number of rotatable bonds is 1. The van der Waals surface area contributed by atoms with E-state index in [1.165, 1.54) is 5.56 Å². The third-order valence-electron chi connectivity index (χ3n) is 2.92. The minimum Gasteiger partial charge on any atom is -0.377 e. The molecule has 0 aliphatic carbocycles. The highest BCUT2D eigenvalue weighted by Gasteiger charge is 2.32. The van der Waals surface area contributed by atoms with Crippen molar-refractivity contribution in [1.29, 1.82) is 0 Å². The third kappa shape index (κ3) is 2.23. The molecular weight excluding hydrogens is 268 g/mol. The fraction of sp³-hybridized carbons (Fsp3) is 0.583. The lowest BCUT2D eigenvalue weighted by molar-refractivity contribution is 0.0638. The van der Waals surface area contributed by atoms with Crippen molar-refractivity contribution in [2.24, 2.45) is 0 Å². The highest BCUT2D eigenvalue weighted by atomic mass is 79.9. The van der Waals surface area contributed by atoms with E-state index < -0.39 is 0 Å². The van der Waals surface area contributed by atoms with Crippen molar-refractivity contribution >= 4 is 21.7 Å². The van der Waals surface area contributed by atoms with Gasteiger partial charge in [-0.05, 0) is 48.3 Å². The summed E-state index contributed by atoms with van der Waals surface area (Å²) >= 11 is 3.44. The molecule has 0 amide bonds. The Morgan fingerprint density at radius 1 is 1.50 bits per heavy atom. The number of aromatic nitrogens is 1. The van der Waals surface area contributed by atoms with Gasteiger partial charge >= 0.3 is 0 Å². The summed E-state index contributed by atoms with van der Waals surface area (Å²) in [5.41, 5.74) is 1.22. The van der Waals surface area contributed by atoms with Gasteiger partial charge in [-0.3, -0.25) is 0 Å². The van der Waals surface area contributed by atoms with Crippen molar-refractivity contribution in [3.05, 3.63) is 22.3 Å². The van der Waals surface area contributed by atoms with E-state index in [2.05, 4.69) is 52.7 Å². The van der Waals surface area contributed by atoms with Crippen LogP contribution in [0.15, 0.2) is 16.7 Å². The molecule has 3 nitrogen and oxygen atoms in total. The first-order valence-corrected chi connectivity index (χ1v) is 6.27. The Labute approximate surface area is 105 Å². The molecule has 88 valence electrons. The van der Waals surface area contributed by atoms with Crippen LogP contribution >= 0.6 is 15.9 Å². The van der Waals surface area contributed by atoms with Crippen LogP contribution in [0.4, 0.5) is 5.82 Å². The first-order valence-electron chi connectivity index (χ1n) is 5.48. The van der Waals surface area contributed by atoms with Gasteiger partial charge in [-0.2, -0.15) is 0 Å². The normalized spacial score (nSPS) is 19.9. The largest absolute Gasteiger partial charge is 0.377 e. The Balaban J connectivity index is 2.35. The molecule has 4 heteroatoms. The van der Waals surface area contributed by atoms with Gasteiger partial charge in [0.2, 0.25) is 0 Å². The summed E-state index contributed by atoms with van der Waals surface area (Å²) in [5, 5.41) is 0.